The van der Waals surface area contributed by atoms with Crippen LogP contribution in [0.2, 0.25) is 0 Å². The number of furan rings is 1. The van der Waals surface area contributed by atoms with Crippen molar-refractivity contribution in [1.82, 2.24) is 9.97 Å². The van der Waals surface area contributed by atoms with Gasteiger partial charge in [0.1, 0.15) is 6.26 Å². The van der Waals surface area contributed by atoms with E-state index in [4.69, 9.17) is 9.52 Å². The first-order valence-corrected chi connectivity index (χ1v) is 5.34. The summed E-state index contributed by atoms with van der Waals surface area (Å²) >= 11 is 0. The molecule has 2 rings (SSSR count). The molecule has 0 aliphatic heterocycles. The molecule has 5 heteroatoms. The molecule has 0 atom stereocenters. The molecule has 0 radical (unpaired) electrons. The number of hydrogen-bond donors (Lipinski definition) is 1. The minimum absolute atomic E-state index is 0.166. The van der Waals surface area contributed by atoms with E-state index >= 15 is 0 Å². The second-order valence-corrected chi connectivity index (χ2v) is 3.62. The van der Waals surface area contributed by atoms with Gasteiger partial charge in [-0.3, -0.25) is 0 Å². The van der Waals surface area contributed by atoms with E-state index in [-0.39, 0.29) is 5.56 Å². The summed E-state index contributed by atoms with van der Waals surface area (Å²) in [5.41, 5.74) is 1.48. The van der Waals surface area contributed by atoms with Crippen LogP contribution in [0.4, 0.5) is 0 Å². The van der Waals surface area contributed by atoms with Crippen LogP contribution in [0.1, 0.15) is 29.4 Å². The summed E-state index contributed by atoms with van der Waals surface area (Å²) in [6.45, 7) is 1.98. The highest BCUT2D eigenvalue weighted by Crippen LogP contribution is 2.17. The van der Waals surface area contributed by atoms with Gasteiger partial charge >= 0.3 is 5.97 Å². The van der Waals surface area contributed by atoms with Gasteiger partial charge in [-0.1, -0.05) is 13.3 Å². The van der Waals surface area contributed by atoms with Crippen molar-refractivity contribution in [2.45, 2.75) is 19.8 Å². The fourth-order valence-corrected chi connectivity index (χ4v) is 1.55. The van der Waals surface area contributed by atoms with Crippen LogP contribution in [-0.2, 0) is 6.42 Å². The molecule has 17 heavy (non-hydrogen) atoms. The molecular formula is C12H12N2O3. The van der Waals surface area contributed by atoms with Crippen molar-refractivity contribution < 1.29 is 14.3 Å². The Morgan fingerprint density at radius 3 is 2.94 bits per heavy atom. The minimum atomic E-state index is -0.993. The van der Waals surface area contributed by atoms with Crippen LogP contribution in [0.3, 0.4) is 0 Å². The number of carboxylic acids is 1. The Balaban J connectivity index is 2.45. The molecule has 2 aromatic rings. The molecular weight excluding hydrogens is 220 g/mol. The van der Waals surface area contributed by atoms with Crippen molar-refractivity contribution in [3.63, 3.8) is 0 Å². The summed E-state index contributed by atoms with van der Waals surface area (Å²) in [5, 5.41) is 9.02. The molecule has 0 saturated heterocycles. The van der Waals surface area contributed by atoms with Gasteiger partial charge in [0.05, 0.1) is 23.1 Å². The van der Waals surface area contributed by atoms with E-state index in [1.165, 1.54) is 18.7 Å². The highest BCUT2D eigenvalue weighted by Gasteiger charge is 2.13. The van der Waals surface area contributed by atoms with Crippen LogP contribution >= 0.6 is 0 Å². The highest BCUT2D eigenvalue weighted by atomic mass is 16.4. The lowest BCUT2D eigenvalue weighted by Crippen LogP contribution is -2.07. The predicted octanol–water partition coefficient (Wildman–Crippen LogP) is 2.39. The van der Waals surface area contributed by atoms with Gasteiger partial charge in [-0.25, -0.2) is 14.8 Å². The number of aromatic carboxylic acids is 1. The summed E-state index contributed by atoms with van der Waals surface area (Å²) in [6.07, 6.45) is 5.87. The van der Waals surface area contributed by atoms with Crippen LogP contribution in [0.15, 0.2) is 29.2 Å². The SMILES string of the molecule is CCCc1nc(-c2ccoc2)ncc1C(=O)O. The molecule has 88 valence electrons. The number of nitrogens with zero attached hydrogens (tertiary/aromatic N) is 2. The van der Waals surface area contributed by atoms with Gasteiger partial charge in [-0.2, -0.15) is 0 Å². The van der Waals surface area contributed by atoms with Crippen molar-refractivity contribution in [2.75, 3.05) is 0 Å². The van der Waals surface area contributed by atoms with Crippen molar-refractivity contribution >= 4 is 5.97 Å². The van der Waals surface area contributed by atoms with Crippen LogP contribution < -0.4 is 0 Å². The molecule has 0 amide bonds. The summed E-state index contributed by atoms with van der Waals surface area (Å²) < 4.78 is 4.95. The standard InChI is InChI=1S/C12H12N2O3/c1-2-3-10-9(12(15)16)6-13-11(14-10)8-4-5-17-7-8/h4-7H,2-3H2,1H3,(H,15,16). The van der Waals surface area contributed by atoms with Crippen LogP contribution in [0, 0.1) is 0 Å². The van der Waals surface area contributed by atoms with E-state index in [1.54, 1.807) is 6.07 Å². The van der Waals surface area contributed by atoms with E-state index in [0.717, 1.165) is 12.0 Å². The number of aryl methyl sites for hydroxylation is 1. The number of rotatable bonds is 4. The Morgan fingerprint density at radius 1 is 1.53 bits per heavy atom. The molecule has 0 aromatic carbocycles. The third-order valence-electron chi connectivity index (χ3n) is 2.36. The molecule has 0 aliphatic carbocycles. The molecule has 2 heterocycles. The Labute approximate surface area is 98.1 Å². The molecule has 1 N–H and O–H groups in total. The lowest BCUT2D eigenvalue weighted by atomic mass is 10.1. The number of carbonyl (C=O) groups is 1. The first-order chi connectivity index (χ1) is 8.22. The van der Waals surface area contributed by atoms with E-state index in [9.17, 15) is 4.79 Å². The topological polar surface area (TPSA) is 76.2 Å². The second kappa shape index (κ2) is 4.78. The van der Waals surface area contributed by atoms with E-state index in [2.05, 4.69) is 9.97 Å². The molecule has 0 saturated carbocycles. The molecule has 0 aliphatic rings. The summed E-state index contributed by atoms with van der Waals surface area (Å²) in [6, 6.07) is 1.74. The fourth-order valence-electron chi connectivity index (χ4n) is 1.55. The van der Waals surface area contributed by atoms with Gasteiger partial charge < -0.3 is 9.52 Å². The van der Waals surface area contributed by atoms with Crippen molar-refractivity contribution in [3.05, 3.63) is 36.0 Å². The molecule has 0 spiro atoms. The minimum Gasteiger partial charge on any atom is -0.478 e. The monoisotopic (exact) mass is 232 g/mol. The molecule has 0 fully saturated rings. The number of hydrogen-bond acceptors (Lipinski definition) is 4. The first-order valence-electron chi connectivity index (χ1n) is 5.34. The van der Waals surface area contributed by atoms with Gasteiger partial charge in [0.25, 0.3) is 0 Å². The zero-order valence-electron chi connectivity index (χ0n) is 9.38. The van der Waals surface area contributed by atoms with E-state index in [0.29, 0.717) is 17.9 Å². The largest absolute Gasteiger partial charge is 0.478 e. The second-order valence-electron chi connectivity index (χ2n) is 3.62. The normalized spacial score (nSPS) is 10.4. The average Bonchev–Trinajstić information content (AvgIpc) is 2.82. The Morgan fingerprint density at radius 2 is 2.35 bits per heavy atom. The lowest BCUT2D eigenvalue weighted by molar-refractivity contribution is 0.0694. The average molecular weight is 232 g/mol. The van der Waals surface area contributed by atoms with Crippen molar-refractivity contribution in [3.8, 4) is 11.4 Å². The van der Waals surface area contributed by atoms with E-state index in [1.807, 2.05) is 6.92 Å². The van der Waals surface area contributed by atoms with Crippen molar-refractivity contribution in [1.29, 1.82) is 0 Å². The molecule has 0 unspecified atom stereocenters. The third-order valence-corrected chi connectivity index (χ3v) is 2.36. The third kappa shape index (κ3) is 2.33. The van der Waals surface area contributed by atoms with Gasteiger partial charge in [0.2, 0.25) is 0 Å². The maximum atomic E-state index is 11.0. The zero-order valence-corrected chi connectivity index (χ0v) is 9.38. The van der Waals surface area contributed by atoms with Gasteiger partial charge in [0.15, 0.2) is 5.82 Å². The van der Waals surface area contributed by atoms with E-state index < -0.39 is 5.97 Å². The summed E-state index contributed by atoms with van der Waals surface area (Å²) in [7, 11) is 0. The quantitative estimate of drug-likeness (QED) is 0.875. The number of carboxylic acid groups (broad SMARTS) is 1. The van der Waals surface area contributed by atoms with Crippen LogP contribution in [0.25, 0.3) is 11.4 Å². The van der Waals surface area contributed by atoms with Crippen LogP contribution in [-0.4, -0.2) is 21.0 Å². The maximum Gasteiger partial charge on any atom is 0.339 e. The Bertz CT molecular complexity index is 521. The Hall–Kier alpha value is -2.17. The van der Waals surface area contributed by atoms with Crippen molar-refractivity contribution in [2.24, 2.45) is 0 Å². The van der Waals surface area contributed by atoms with Crippen LogP contribution in [0.5, 0.6) is 0 Å². The molecule has 0 bridgehead atoms. The Kier molecular flexibility index (Phi) is 3.18. The first kappa shape index (κ1) is 11.3. The lowest BCUT2D eigenvalue weighted by Gasteiger charge is -2.05. The van der Waals surface area contributed by atoms with Gasteiger partial charge in [-0.05, 0) is 12.5 Å². The van der Waals surface area contributed by atoms with Gasteiger partial charge in [-0.15, -0.1) is 0 Å². The summed E-state index contributed by atoms with van der Waals surface area (Å²) in [5.74, 6) is -0.501. The predicted molar refractivity (Wildman–Crippen MR) is 60.7 cm³/mol. The maximum absolute atomic E-state index is 11.0. The molecule has 2 aromatic heterocycles. The van der Waals surface area contributed by atoms with Gasteiger partial charge in [0, 0.05) is 6.20 Å². The smallest absolute Gasteiger partial charge is 0.339 e. The molecule has 5 nitrogen and oxygen atoms in total. The highest BCUT2D eigenvalue weighted by molar-refractivity contribution is 5.88. The zero-order chi connectivity index (χ0) is 12.3. The fraction of sp³-hybridized carbons (Fsp3) is 0.250. The number of aromatic nitrogens is 2. The summed E-state index contributed by atoms with van der Waals surface area (Å²) in [4.78, 5) is 19.3.